The van der Waals surface area contributed by atoms with E-state index < -0.39 is 6.17 Å². The predicted octanol–water partition coefficient (Wildman–Crippen LogP) is 1.51. The monoisotopic (exact) mass is 200 g/mol. The van der Waals surface area contributed by atoms with Crippen LogP contribution in [-0.4, -0.2) is 53.7 Å². The van der Waals surface area contributed by atoms with Gasteiger partial charge in [0, 0.05) is 37.8 Å². The predicted molar refractivity (Wildman–Crippen MR) is 56.2 cm³/mol. The number of halogens is 1. The maximum atomic E-state index is 13.0. The van der Waals surface area contributed by atoms with Crippen LogP contribution in [0.2, 0.25) is 0 Å². The third kappa shape index (κ3) is 1.94. The minimum Gasteiger partial charge on any atom is -0.295 e. The molecule has 0 aliphatic carbocycles. The summed E-state index contributed by atoms with van der Waals surface area (Å²) in [7, 11) is 0. The molecule has 0 saturated carbocycles. The summed E-state index contributed by atoms with van der Waals surface area (Å²) >= 11 is 0. The third-order valence-corrected chi connectivity index (χ3v) is 3.49. The van der Waals surface area contributed by atoms with Gasteiger partial charge in [0.2, 0.25) is 0 Å². The second kappa shape index (κ2) is 3.46. The topological polar surface area (TPSA) is 6.48 Å². The van der Waals surface area contributed by atoms with Gasteiger partial charge in [-0.15, -0.1) is 0 Å². The van der Waals surface area contributed by atoms with Crippen LogP contribution in [0.5, 0.6) is 0 Å². The largest absolute Gasteiger partial charge is 0.295 e. The van der Waals surface area contributed by atoms with Crippen LogP contribution >= 0.6 is 0 Å². The number of hydrogen-bond donors (Lipinski definition) is 0. The molecule has 3 heteroatoms. The van der Waals surface area contributed by atoms with E-state index >= 15 is 0 Å². The molecular weight excluding hydrogens is 179 g/mol. The fourth-order valence-corrected chi connectivity index (χ4v) is 2.31. The average Bonchev–Trinajstić information content (AvgIpc) is 2.28. The molecule has 0 radical (unpaired) electrons. The third-order valence-electron chi connectivity index (χ3n) is 3.49. The van der Waals surface area contributed by atoms with Crippen molar-refractivity contribution in [2.24, 2.45) is 0 Å². The smallest absolute Gasteiger partial charge is 0.114 e. The van der Waals surface area contributed by atoms with Crippen LogP contribution in [0, 0.1) is 0 Å². The fourth-order valence-electron chi connectivity index (χ4n) is 2.31. The van der Waals surface area contributed by atoms with Crippen LogP contribution in [0.25, 0.3) is 0 Å². The first-order valence-corrected chi connectivity index (χ1v) is 5.60. The summed E-state index contributed by atoms with van der Waals surface area (Å²) in [6.45, 7) is 10.6. The second-order valence-electron chi connectivity index (χ2n) is 5.61. The Morgan fingerprint density at radius 2 is 1.79 bits per heavy atom. The molecule has 14 heavy (non-hydrogen) atoms. The molecular formula is C11H21FN2. The Bertz CT molecular complexity index is 206. The highest BCUT2D eigenvalue weighted by Crippen LogP contribution is 2.27. The summed E-state index contributed by atoms with van der Waals surface area (Å²) in [5.74, 6) is 0. The molecule has 2 heterocycles. The first-order chi connectivity index (χ1) is 6.47. The second-order valence-corrected chi connectivity index (χ2v) is 5.61. The maximum Gasteiger partial charge on any atom is 0.114 e. The van der Waals surface area contributed by atoms with Crippen LogP contribution in [0.3, 0.4) is 0 Å². The lowest BCUT2D eigenvalue weighted by atomic mass is 9.97. The number of alkyl halides is 1. The van der Waals surface area contributed by atoms with E-state index in [1.165, 1.54) is 0 Å². The van der Waals surface area contributed by atoms with E-state index in [-0.39, 0.29) is 5.54 Å². The Hall–Kier alpha value is -0.150. The summed E-state index contributed by atoms with van der Waals surface area (Å²) in [5, 5.41) is 0. The average molecular weight is 200 g/mol. The van der Waals surface area contributed by atoms with Crippen molar-refractivity contribution in [2.75, 3.05) is 26.2 Å². The number of rotatable bonds is 1. The van der Waals surface area contributed by atoms with E-state index in [0.717, 1.165) is 26.1 Å². The Morgan fingerprint density at radius 3 is 2.21 bits per heavy atom. The molecule has 1 atom stereocenters. The summed E-state index contributed by atoms with van der Waals surface area (Å²) in [6.07, 6.45) is 0.171. The minimum absolute atomic E-state index is 0.283. The van der Waals surface area contributed by atoms with E-state index in [4.69, 9.17) is 0 Å². The van der Waals surface area contributed by atoms with Gasteiger partial charge in [0.05, 0.1) is 0 Å². The summed E-state index contributed by atoms with van der Waals surface area (Å²) < 4.78 is 13.0. The number of hydrogen-bond acceptors (Lipinski definition) is 2. The maximum absolute atomic E-state index is 13.0. The molecule has 2 rings (SSSR count). The Kier molecular flexibility index (Phi) is 2.56. The van der Waals surface area contributed by atoms with Gasteiger partial charge in [-0.3, -0.25) is 9.80 Å². The highest BCUT2D eigenvalue weighted by Gasteiger charge is 2.39. The molecule has 0 N–H and O–H groups in total. The molecule has 0 aromatic rings. The van der Waals surface area contributed by atoms with Crippen LogP contribution in [0.4, 0.5) is 4.39 Å². The summed E-state index contributed by atoms with van der Waals surface area (Å²) in [6, 6.07) is 0.620. The molecule has 2 aliphatic rings. The molecule has 0 aromatic heterocycles. The van der Waals surface area contributed by atoms with Crippen molar-refractivity contribution < 1.29 is 4.39 Å². The van der Waals surface area contributed by atoms with Gasteiger partial charge in [0.25, 0.3) is 0 Å². The van der Waals surface area contributed by atoms with Crippen molar-refractivity contribution in [1.82, 2.24) is 9.80 Å². The zero-order chi connectivity index (χ0) is 10.3. The fraction of sp³-hybridized carbons (Fsp3) is 1.00. The number of nitrogens with zero attached hydrogens (tertiary/aromatic N) is 2. The van der Waals surface area contributed by atoms with Crippen LogP contribution in [-0.2, 0) is 0 Å². The molecule has 2 fully saturated rings. The van der Waals surface area contributed by atoms with Gasteiger partial charge in [-0.2, -0.15) is 0 Å². The zero-order valence-corrected chi connectivity index (χ0v) is 9.46. The molecule has 2 saturated heterocycles. The molecule has 0 unspecified atom stereocenters. The molecule has 0 aromatic carbocycles. The molecule has 82 valence electrons. The van der Waals surface area contributed by atoms with Gasteiger partial charge in [0.1, 0.15) is 6.17 Å². The van der Waals surface area contributed by atoms with Crippen molar-refractivity contribution in [3.05, 3.63) is 0 Å². The highest BCUT2D eigenvalue weighted by molar-refractivity contribution is 4.96. The van der Waals surface area contributed by atoms with Gasteiger partial charge in [0.15, 0.2) is 0 Å². The first kappa shape index (κ1) is 10.4. The Balaban J connectivity index is 1.78. The van der Waals surface area contributed by atoms with Crippen molar-refractivity contribution in [2.45, 2.75) is 44.9 Å². The van der Waals surface area contributed by atoms with Crippen LogP contribution in [0.15, 0.2) is 0 Å². The van der Waals surface area contributed by atoms with Gasteiger partial charge >= 0.3 is 0 Å². The first-order valence-electron chi connectivity index (χ1n) is 5.60. The summed E-state index contributed by atoms with van der Waals surface area (Å²) in [5.41, 5.74) is 0.283. The van der Waals surface area contributed by atoms with Crippen molar-refractivity contribution in [3.63, 3.8) is 0 Å². The van der Waals surface area contributed by atoms with E-state index in [2.05, 4.69) is 30.6 Å². The van der Waals surface area contributed by atoms with Crippen molar-refractivity contribution in [3.8, 4) is 0 Å². The van der Waals surface area contributed by atoms with Crippen molar-refractivity contribution >= 4 is 0 Å². The number of likely N-dealkylation sites (tertiary alicyclic amines) is 2. The minimum atomic E-state index is -0.571. The zero-order valence-electron chi connectivity index (χ0n) is 9.46. The SMILES string of the molecule is CC(C)(C)N1CC(N2CC[C@@H](F)C2)C1. The quantitative estimate of drug-likeness (QED) is 0.633. The van der Waals surface area contributed by atoms with Crippen molar-refractivity contribution in [1.29, 1.82) is 0 Å². The van der Waals surface area contributed by atoms with Gasteiger partial charge in [-0.05, 0) is 27.2 Å². The molecule has 0 spiro atoms. The van der Waals surface area contributed by atoms with Crippen LogP contribution < -0.4 is 0 Å². The Morgan fingerprint density at radius 1 is 1.14 bits per heavy atom. The van der Waals surface area contributed by atoms with E-state index in [0.29, 0.717) is 12.6 Å². The Labute approximate surface area is 86.1 Å². The summed E-state index contributed by atoms with van der Waals surface area (Å²) in [4.78, 5) is 4.77. The van der Waals surface area contributed by atoms with E-state index in [1.807, 2.05) is 0 Å². The van der Waals surface area contributed by atoms with E-state index in [1.54, 1.807) is 0 Å². The van der Waals surface area contributed by atoms with Gasteiger partial charge < -0.3 is 0 Å². The lowest BCUT2D eigenvalue weighted by molar-refractivity contribution is -0.0153. The van der Waals surface area contributed by atoms with Crippen LogP contribution in [0.1, 0.15) is 27.2 Å². The lowest BCUT2D eigenvalue weighted by Crippen LogP contribution is -2.64. The van der Waals surface area contributed by atoms with Gasteiger partial charge in [-0.25, -0.2) is 4.39 Å². The van der Waals surface area contributed by atoms with Gasteiger partial charge in [-0.1, -0.05) is 0 Å². The molecule has 2 aliphatic heterocycles. The highest BCUT2D eigenvalue weighted by atomic mass is 19.1. The molecule has 0 bridgehead atoms. The molecule has 0 amide bonds. The normalized spacial score (nSPS) is 32.1. The standard InChI is InChI=1S/C11H21FN2/c1-11(2,3)14-7-10(8-14)13-5-4-9(12)6-13/h9-10H,4-8H2,1-3H3/t9-/m1/s1. The van der Waals surface area contributed by atoms with E-state index in [9.17, 15) is 4.39 Å². The molecule has 2 nitrogen and oxygen atoms in total. The lowest BCUT2D eigenvalue weighted by Gasteiger charge is -2.50.